The second kappa shape index (κ2) is 8.10. The quantitative estimate of drug-likeness (QED) is 0.354. The molecule has 0 unspecified atom stereocenters. The van der Waals surface area contributed by atoms with E-state index in [0.717, 1.165) is 11.1 Å². The standard InChI is InChI=1S/C22H16FN3OS/c23-18-11-12-19-20(14-18)28-22(25-19)26(24-15-17-9-5-2-6-10-17)21(27)13-16-7-3-1-4-8-16/h1-12,14-15H,13H2/b24-15+. The highest BCUT2D eigenvalue weighted by Crippen LogP contribution is 2.30. The van der Waals surface area contributed by atoms with Gasteiger partial charge in [0.15, 0.2) is 0 Å². The van der Waals surface area contributed by atoms with E-state index in [-0.39, 0.29) is 18.1 Å². The number of aromatic nitrogens is 1. The van der Waals surface area contributed by atoms with Crippen LogP contribution >= 0.6 is 11.3 Å². The lowest BCUT2D eigenvalue weighted by Gasteiger charge is -2.13. The van der Waals surface area contributed by atoms with Crippen molar-refractivity contribution in [3.63, 3.8) is 0 Å². The molecule has 1 amide bonds. The van der Waals surface area contributed by atoms with Gasteiger partial charge in [-0.15, -0.1) is 0 Å². The molecule has 4 nitrogen and oxygen atoms in total. The highest BCUT2D eigenvalue weighted by atomic mass is 32.1. The van der Waals surface area contributed by atoms with Gasteiger partial charge in [-0.05, 0) is 29.3 Å². The van der Waals surface area contributed by atoms with Crippen molar-refractivity contribution < 1.29 is 9.18 Å². The summed E-state index contributed by atoms with van der Waals surface area (Å²) in [5, 5.41) is 6.10. The number of anilines is 1. The highest BCUT2D eigenvalue weighted by molar-refractivity contribution is 7.22. The fourth-order valence-electron chi connectivity index (χ4n) is 2.71. The number of fused-ring (bicyclic) bond motifs is 1. The summed E-state index contributed by atoms with van der Waals surface area (Å²) in [6.07, 6.45) is 1.81. The van der Waals surface area contributed by atoms with Crippen LogP contribution in [0.25, 0.3) is 10.2 Å². The first-order valence-electron chi connectivity index (χ1n) is 8.71. The van der Waals surface area contributed by atoms with Gasteiger partial charge in [-0.2, -0.15) is 10.1 Å². The van der Waals surface area contributed by atoms with Crippen LogP contribution in [0.3, 0.4) is 0 Å². The molecule has 3 aromatic carbocycles. The SMILES string of the molecule is O=C(Cc1ccccc1)N(/N=C/c1ccccc1)c1nc2ccc(F)cc2s1. The Morgan fingerprint density at radius 3 is 2.50 bits per heavy atom. The smallest absolute Gasteiger partial charge is 0.253 e. The van der Waals surface area contributed by atoms with E-state index in [0.29, 0.717) is 15.3 Å². The second-order valence-corrected chi connectivity index (χ2v) is 7.14. The second-order valence-electron chi connectivity index (χ2n) is 6.13. The van der Waals surface area contributed by atoms with Gasteiger partial charge in [0.1, 0.15) is 5.82 Å². The Kier molecular flexibility index (Phi) is 5.21. The van der Waals surface area contributed by atoms with E-state index in [1.54, 1.807) is 12.3 Å². The molecule has 28 heavy (non-hydrogen) atoms. The van der Waals surface area contributed by atoms with Crippen molar-refractivity contribution >= 4 is 38.8 Å². The molecule has 0 saturated heterocycles. The molecule has 0 N–H and O–H groups in total. The Labute approximate surface area is 165 Å². The van der Waals surface area contributed by atoms with Gasteiger partial charge in [0, 0.05) is 0 Å². The van der Waals surface area contributed by atoms with E-state index < -0.39 is 0 Å². The van der Waals surface area contributed by atoms with E-state index in [4.69, 9.17) is 0 Å². The van der Waals surface area contributed by atoms with Crippen LogP contribution in [0.2, 0.25) is 0 Å². The summed E-state index contributed by atoms with van der Waals surface area (Å²) in [4.78, 5) is 17.5. The molecular weight excluding hydrogens is 373 g/mol. The van der Waals surface area contributed by atoms with Crippen molar-refractivity contribution in [2.24, 2.45) is 5.10 Å². The monoisotopic (exact) mass is 389 g/mol. The van der Waals surface area contributed by atoms with E-state index in [9.17, 15) is 9.18 Å². The van der Waals surface area contributed by atoms with Crippen molar-refractivity contribution in [1.82, 2.24) is 4.98 Å². The van der Waals surface area contributed by atoms with Gasteiger partial charge in [0.05, 0.1) is 22.9 Å². The summed E-state index contributed by atoms with van der Waals surface area (Å²) in [6, 6.07) is 23.4. The van der Waals surface area contributed by atoms with Crippen LogP contribution in [-0.2, 0) is 11.2 Å². The zero-order valence-electron chi connectivity index (χ0n) is 14.8. The van der Waals surface area contributed by atoms with Crippen molar-refractivity contribution in [2.45, 2.75) is 6.42 Å². The molecule has 0 aliphatic heterocycles. The third kappa shape index (κ3) is 4.13. The van der Waals surface area contributed by atoms with Crippen molar-refractivity contribution in [3.8, 4) is 0 Å². The van der Waals surface area contributed by atoms with Crippen LogP contribution in [-0.4, -0.2) is 17.1 Å². The first-order valence-corrected chi connectivity index (χ1v) is 9.53. The van der Waals surface area contributed by atoms with Crippen molar-refractivity contribution in [2.75, 3.05) is 5.01 Å². The fraction of sp³-hybridized carbons (Fsp3) is 0.0455. The largest absolute Gasteiger partial charge is 0.272 e. The fourth-order valence-corrected chi connectivity index (χ4v) is 3.67. The minimum Gasteiger partial charge on any atom is -0.272 e. The molecular formula is C22H16FN3OS. The number of rotatable bonds is 5. The molecule has 138 valence electrons. The van der Waals surface area contributed by atoms with E-state index in [1.165, 1.54) is 28.5 Å². The zero-order chi connectivity index (χ0) is 19.3. The predicted molar refractivity (Wildman–Crippen MR) is 111 cm³/mol. The summed E-state index contributed by atoms with van der Waals surface area (Å²) in [5.41, 5.74) is 2.39. The van der Waals surface area contributed by atoms with Gasteiger partial charge in [0.25, 0.3) is 5.91 Å². The molecule has 0 radical (unpaired) electrons. The minimum atomic E-state index is -0.336. The summed E-state index contributed by atoms with van der Waals surface area (Å²) in [5.74, 6) is -0.546. The summed E-state index contributed by atoms with van der Waals surface area (Å²) in [6.45, 7) is 0. The first-order chi connectivity index (χ1) is 13.7. The average molecular weight is 389 g/mol. The van der Waals surface area contributed by atoms with E-state index in [2.05, 4.69) is 10.1 Å². The molecule has 0 spiro atoms. The number of halogens is 1. The average Bonchev–Trinajstić information content (AvgIpc) is 3.12. The lowest BCUT2D eigenvalue weighted by Crippen LogP contribution is -2.27. The Morgan fingerprint density at radius 1 is 1.04 bits per heavy atom. The number of carbonyl (C=O) groups is 1. The van der Waals surface area contributed by atoms with Crippen LogP contribution in [0.1, 0.15) is 11.1 Å². The zero-order valence-corrected chi connectivity index (χ0v) is 15.6. The number of hydrazone groups is 1. The molecule has 0 bridgehead atoms. The van der Waals surface area contributed by atoms with Crippen LogP contribution in [0.15, 0.2) is 84.0 Å². The molecule has 1 aromatic heterocycles. The summed E-state index contributed by atoms with van der Waals surface area (Å²) in [7, 11) is 0. The molecule has 1 heterocycles. The van der Waals surface area contributed by atoms with Crippen LogP contribution in [0, 0.1) is 5.82 Å². The van der Waals surface area contributed by atoms with Crippen LogP contribution in [0.4, 0.5) is 9.52 Å². The number of hydrogen-bond acceptors (Lipinski definition) is 4. The van der Waals surface area contributed by atoms with Gasteiger partial charge in [-0.3, -0.25) is 4.79 Å². The summed E-state index contributed by atoms with van der Waals surface area (Å²) >= 11 is 1.23. The third-order valence-electron chi connectivity index (χ3n) is 4.08. The molecule has 0 atom stereocenters. The molecule has 4 rings (SSSR count). The first kappa shape index (κ1) is 18.0. The lowest BCUT2D eigenvalue weighted by molar-refractivity contribution is -0.118. The number of nitrogens with zero attached hydrogens (tertiary/aromatic N) is 3. The predicted octanol–water partition coefficient (Wildman–Crippen LogP) is 5.05. The number of amides is 1. The van der Waals surface area contributed by atoms with Gasteiger partial charge in [-0.25, -0.2) is 9.37 Å². The molecule has 0 aliphatic rings. The van der Waals surface area contributed by atoms with E-state index >= 15 is 0 Å². The molecule has 6 heteroatoms. The molecule has 0 saturated carbocycles. The lowest BCUT2D eigenvalue weighted by atomic mass is 10.1. The maximum absolute atomic E-state index is 13.5. The Bertz CT molecular complexity index is 1130. The van der Waals surface area contributed by atoms with E-state index in [1.807, 2.05) is 60.7 Å². The van der Waals surface area contributed by atoms with Crippen molar-refractivity contribution in [3.05, 3.63) is 95.8 Å². The summed E-state index contributed by atoms with van der Waals surface area (Å²) < 4.78 is 14.2. The molecule has 0 fully saturated rings. The maximum atomic E-state index is 13.5. The number of thiazole rings is 1. The normalized spacial score (nSPS) is 11.2. The van der Waals surface area contributed by atoms with Gasteiger partial charge < -0.3 is 0 Å². The van der Waals surface area contributed by atoms with Gasteiger partial charge >= 0.3 is 0 Å². The van der Waals surface area contributed by atoms with Crippen LogP contribution < -0.4 is 5.01 Å². The molecule has 0 aliphatic carbocycles. The highest BCUT2D eigenvalue weighted by Gasteiger charge is 2.19. The Morgan fingerprint density at radius 2 is 1.75 bits per heavy atom. The third-order valence-corrected chi connectivity index (χ3v) is 5.07. The number of carbonyl (C=O) groups excluding carboxylic acids is 1. The molecule has 4 aromatic rings. The Balaban J connectivity index is 1.69. The van der Waals surface area contributed by atoms with Gasteiger partial charge in [0.2, 0.25) is 5.13 Å². The Hall–Kier alpha value is -3.38. The van der Waals surface area contributed by atoms with Crippen LogP contribution in [0.5, 0.6) is 0 Å². The number of benzene rings is 3. The van der Waals surface area contributed by atoms with Gasteiger partial charge in [-0.1, -0.05) is 72.0 Å². The topological polar surface area (TPSA) is 45.6 Å². The minimum absolute atomic E-state index is 0.192. The number of hydrogen-bond donors (Lipinski definition) is 0. The van der Waals surface area contributed by atoms with Crippen molar-refractivity contribution in [1.29, 1.82) is 0 Å². The maximum Gasteiger partial charge on any atom is 0.253 e.